The Balaban J connectivity index is 1.53. The first kappa shape index (κ1) is 18.0. The first-order chi connectivity index (χ1) is 12.4. The van der Waals surface area contributed by atoms with Gasteiger partial charge in [0, 0.05) is 24.8 Å². The molecule has 3 rings (SSSR count). The second-order valence-corrected chi connectivity index (χ2v) is 6.68. The molecule has 136 valence electrons. The van der Waals surface area contributed by atoms with E-state index in [1.807, 2.05) is 44.2 Å². The van der Waals surface area contributed by atoms with Gasteiger partial charge in [0.15, 0.2) is 0 Å². The highest BCUT2D eigenvalue weighted by Crippen LogP contribution is 2.30. The minimum atomic E-state index is -0.0869. The lowest BCUT2D eigenvalue weighted by Gasteiger charge is -2.15. The van der Waals surface area contributed by atoms with E-state index >= 15 is 0 Å². The zero-order valence-electron chi connectivity index (χ0n) is 15.5. The van der Waals surface area contributed by atoms with E-state index in [0.717, 1.165) is 34.7 Å². The average Bonchev–Trinajstić information content (AvgIpc) is 3.00. The van der Waals surface area contributed by atoms with Crippen molar-refractivity contribution in [2.45, 2.75) is 33.6 Å². The molecule has 2 aromatic rings. The fraction of sp³-hybridized carbons (Fsp3) is 0.333. The standard InChI is InChI=1S/C21H24N2O3/c1-14-4-7-20(15(2)12-14)26-11-9-21(25)22-18-5-6-19-17(13-18)8-10-23(19)16(3)24/h4-7,12-13H,8-11H2,1-3H3,(H,22,25). The Hall–Kier alpha value is -2.82. The highest BCUT2D eigenvalue weighted by atomic mass is 16.5. The number of anilines is 2. The van der Waals surface area contributed by atoms with Crippen LogP contribution >= 0.6 is 0 Å². The van der Waals surface area contributed by atoms with Gasteiger partial charge in [0.2, 0.25) is 11.8 Å². The Kier molecular flexibility index (Phi) is 5.26. The summed E-state index contributed by atoms with van der Waals surface area (Å²) in [6, 6.07) is 11.7. The van der Waals surface area contributed by atoms with E-state index in [4.69, 9.17) is 4.74 Å². The number of carbonyl (C=O) groups excluding carboxylic acids is 2. The van der Waals surface area contributed by atoms with Crippen LogP contribution in [0.25, 0.3) is 0 Å². The number of aryl methyl sites for hydroxylation is 2. The predicted octanol–water partition coefficient (Wildman–Crippen LogP) is 3.62. The van der Waals surface area contributed by atoms with Crippen LogP contribution in [0.2, 0.25) is 0 Å². The maximum atomic E-state index is 12.2. The summed E-state index contributed by atoms with van der Waals surface area (Å²) in [6.45, 7) is 6.64. The number of hydrogen-bond donors (Lipinski definition) is 1. The van der Waals surface area contributed by atoms with E-state index in [-0.39, 0.29) is 18.2 Å². The van der Waals surface area contributed by atoms with Crippen LogP contribution in [0.1, 0.15) is 30.0 Å². The lowest BCUT2D eigenvalue weighted by Crippen LogP contribution is -2.25. The molecule has 0 spiro atoms. The Bertz CT molecular complexity index is 845. The third-order valence-corrected chi connectivity index (χ3v) is 4.56. The number of amides is 2. The van der Waals surface area contributed by atoms with Gasteiger partial charge < -0.3 is 15.0 Å². The number of benzene rings is 2. The zero-order chi connectivity index (χ0) is 18.7. The van der Waals surface area contributed by atoms with E-state index in [0.29, 0.717) is 13.2 Å². The summed E-state index contributed by atoms with van der Waals surface area (Å²) in [5.74, 6) is 0.769. The summed E-state index contributed by atoms with van der Waals surface area (Å²) in [7, 11) is 0. The van der Waals surface area contributed by atoms with Crippen LogP contribution in [0.15, 0.2) is 36.4 Å². The van der Waals surface area contributed by atoms with Crippen molar-refractivity contribution in [3.8, 4) is 5.75 Å². The predicted molar refractivity (Wildman–Crippen MR) is 103 cm³/mol. The number of rotatable bonds is 5. The van der Waals surface area contributed by atoms with Crippen molar-refractivity contribution < 1.29 is 14.3 Å². The number of fused-ring (bicyclic) bond motifs is 1. The second kappa shape index (κ2) is 7.60. The fourth-order valence-electron chi connectivity index (χ4n) is 3.25. The minimum absolute atomic E-state index is 0.0454. The molecule has 0 aliphatic carbocycles. The molecule has 1 aliphatic heterocycles. The topological polar surface area (TPSA) is 58.6 Å². The van der Waals surface area contributed by atoms with E-state index in [2.05, 4.69) is 11.4 Å². The maximum absolute atomic E-state index is 12.2. The number of nitrogens with one attached hydrogen (secondary N) is 1. The molecule has 2 aromatic carbocycles. The first-order valence-corrected chi connectivity index (χ1v) is 8.85. The number of ether oxygens (including phenoxy) is 1. The highest BCUT2D eigenvalue weighted by Gasteiger charge is 2.22. The molecule has 0 radical (unpaired) electrons. The zero-order valence-corrected chi connectivity index (χ0v) is 15.5. The Labute approximate surface area is 154 Å². The van der Waals surface area contributed by atoms with Gasteiger partial charge in [0.05, 0.1) is 13.0 Å². The summed E-state index contributed by atoms with van der Waals surface area (Å²) in [6.07, 6.45) is 1.10. The van der Waals surface area contributed by atoms with Gasteiger partial charge in [-0.1, -0.05) is 17.7 Å². The van der Waals surface area contributed by atoms with Gasteiger partial charge in [0.1, 0.15) is 5.75 Å². The van der Waals surface area contributed by atoms with Crippen molar-refractivity contribution in [1.82, 2.24) is 0 Å². The largest absolute Gasteiger partial charge is 0.493 e. The van der Waals surface area contributed by atoms with E-state index in [1.165, 1.54) is 5.56 Å². The van der Waals surface area contributed by atoms with Crippen molar-refractivity contribution in [3.63, 3.8) is 0 Å². The summed E-state index contributed by atoms with van der Waals surface area (Å²) in [5, 5.41) is 2.90. The van der Waals surface area contributed by atoms with Crippen molar-refractivity contribution in [2.24, 2.45) is 0 Å². The molecule has 0 atom stereocenters. The quantitative estimate of drug-likeness (QED) is 0.894. The molecule has 2 amide bonds. The molecule has 1 aliphatic rings. The second-order valence-electron chi connectivity index (χ2n) is 6.68. The van der Waals surface area contributed by atoms with Crippen molar-refractivity contribution >= 4 is 23.2 Å². The normalized spacial score (nSPS) is 12.7. The van der Waals surface area contributed by atoms with Crippen LogP contribution in [-0.2, 0) is 16.0 Å². The van der Waals surface area contributed by atoms with Gasteiger partial charge in [-0.05, 0) is 55.7 Å². The van der Waals surface area contributed by atoms with Crippen molar-refractivity contribution in [3.05, 3.63) is 53.1 Å². The van der Waals surface area contributed by atoms with Crippen molar-refractivity contribution in [1.29, 1.82) is 0 Å². The SMILES string of the molecule is CC(=O)N1CCc2cc(NC(=O)CCOc3ccc(C)cc3C)ccc21. The molecule has 0 fully saturated rings. The molecule has 0 aromatic heterocycles. The Morgan fingerprint density at radius 3 is 2.69 bits per heavy atom. The smallest absolute Gasteiger partial charge is 0.227 e. The molecular weight excluding hydrogens is 328 g/mol. The number of carbonyl (C=O) groups is 2. The van der Waals surface area contributed by atoms with Crippen molar-refractivity contribution in [2.75, 3.05) is 23.4 Å². The molecule has 0 unspecified atom stereocenters. The van der Waals surface area contributed by atoms with Gasteiger partial charge in [-0.3, -0.25) is 9.59 Å². The third kappa shape index (κ3) is 4.04. The summed E-state index contributed by atoms with van der Waals surface area (Å²) < 4.78 is 5.71. The van der Waals surface area contributed by atoms with Crippen LogP contribution in [0.5, 0.6) is 5.75 Å². The van der Waals surface area contributed by atoms with E-state index in [1.54, 1.807) is 11.8 Å². The molecule has 0 saturated heterocycles. The van der Waals surface area contributed by atoms with Gasteiger partial charge in [0.25, 0.3) is 0 Å². The molecular formula is C21H24N2O3. The van der Waals surface area contributed by atoms with Gasteiger partial charge in [-0.15, -0.1) is 0 Å². The monoisotopic (exact) mass is 352 g/mol. The summed E-state index contributed by atoms with van der Waals surface area (Å²) in [4.78, 5) is 25.5. The van der Waals surface area contributed by atoms with Crippen LogP contribution in [0.4, 0.5) is 11.4 Å². The number of nitrogens with zero attached hydrogens (tertiary/aromatic N) is 1. The lowest BCUT2D eigenvalue weighted by atomic mass is 10.1. The Morgan fingerprint density at radius 1 is 1.15 bits per heavy atom. The highest BCUT2D eigenvalue weighted by molar-refractivity contribution is 5.95. The van der Waals surface area contributed by atoms with Gasteiger partial charge in [-0.25, -0.2) is 0 Å². The third-order valence-electron chi connectivity index (χ3n) is 4.56. The van der Waals surface area contributed by atoms with Crippen LogP contribution in [-0.4, -0.2) is 25.0 Å². The van der Waals surface area contributed by atoms with Crippen LogP contribution in [0.3, 0.4) is 0 Å². The molecule has 1 N–H and O–H groups in total. The van der Waals surface area contributed by atoms with Crippen LogP contribution < -0.4 is 15.0 Å². The average molecular weight is 352 g/mol. The molecule has 1 heterocycles. The van der Waals surface area contributed by atoms with Gasteiger partial charge >= 0.3 is 0 Å². The van der Waals surface area contributed by atoms with E-state index in [9.17, 15) is 9.59 Å². The van der Waals surface area contributed by atoms with Crippen LogP contribution in [0, 0.1) is 13.8 Å². The number of hydrogen-bond acceptors (Lipinski definition) is 3. The summed E-state index contributed by atoms with van der Waals surface area (Å²) in [5.41, 5.74) is 5.04. The first-order valence-electron chi connectivity index (χ1n) is 8.85. The maximum Gasteiger partial charge on any atom is 0.227 e. The molecule has 5 nitrogen and oxygen atoms in total. The molecule has 5 heteroatoms. The van der Waals surface area contributed by atoms with E-state index < -0.39 is 0 Å². The fourth-order valence-corrected chi connectivity index (χ4v) is 3.25. The Morgan fingerprint density at radius 2 is 1.96 bits per heavy atom. The molecule has 26 heavy (non-hydrogen) atoms. The molecule has 0 bridgehead atoms. The van der Waals surface area contributed by atoms with Gasteiger partial charge in [-0.2, -0.15) is 0 Å². The summed E-state index contributed by atoms with van der Waals surface area (Å²) >= 11 is 0. The minimum Gasteiger partial charge on any atom is -0.493 e. The molecule has 0 saturated carbocycles. The lowest BCUT2D eigenvalue weighted by molar-refractivity contribution is -0.117.